The highest BCUT2D eigenvalue weighted by atomic mass is 32.2. The summed E-state index contributed by atoms with van der Waals surface area (Å²) < 4.78 is 45.0. The maximum Gasteiger partial charge on any atom is 0.240 e. The first kappa shape index (κ1) is 28.1. The fourth-order valence-electron chi connectivity index (χ4n) is 5.29. The first-order valence-corrected chi connectivity index (χ1v) is 14.8. The molecule has 0 saturated carbocycles. The van der Waals surface area contributed by atoms with Gasteiger partial charge in [-0.1, -0.05) is 54.6 Å². The Morgan fingerprint density at radius 3 is 2.52 bits per heavy atom. The van der Waals surface area contributed by atoms with E-state index in [1.165, 1.54) is 12.1 Å². The molecule has 1 amide bonds. The summed E-state index contributed by atoms with van der Waals surface area (Å²) in [5.41, 5.74) is 3.10. The van der Waals surface area contributed by atoms with Crippen LogP contribution in [0.15, 0.2) is 77.7 Å². The predicted molar refractivity (Wildman–Crippen MR) is 149 cm³/mol. The van der Waals surface area contributed by atoms with Gasteiger partial charge in [0, 0.05) is 32.1 Å². The monoisotopic (exact) mass is 566 g/mol. The molecule has 4 atom stereocenters. The van der Waals surface area contributed by atoms with Gasteiger partial charge in [0.25, 0.3) is 0 Å². The third kappa shape index (κ3) is 6.47. The summed E-state index contributed by atoms with van der Waals surface area (Å²) in [6.07, 6.45) is -0.131. The maximum absolute atomic E-state index is 13.6. The summed E-state index contributed by atoms with van der Waals surface area (Å²) in [4.78, 5) is 13.6. The molecule has 1 heterocycles. The number of ether oxygens (including phenoxy) is 3. The van der Waals surface area contributed by atoms with E-state index in [0.717, 1.165) is 16.7 Å². The van der Waals surface area contributed by atoms with Crippen molar-refractivity contribution in [1.82, 2.24) is 10.0 Å². The van der Waals surface area contributed by atoms with Gasteiger partial charge in [0.15, 0.2) is 11.5 Å². The average Bonchev–Trinajstić information content (AvgIpc) is 3.33. The number of benzene rings is 3. The van der Waals surface area contributed by atoms with Crippen LogP contribution in [0.3, 0.4) is 0 Å². The first-order chi connectivity index (χ1) is 19.3. The summed E-state index contributed by atoms with van der Waals surface area (Å²) in [7, 11) is -2.30. The van der Waals surface area contributed by atoms with Crippen molar-refractivity contribution in [2.24, 2.45) is 5.92 Å². The van der Waals surface area contributed by atoms with Crippen molar-refractivity contribution in [2.45, 2.75) is 42.4 Å². The van der Waals surface area contributed by atoms with E-state index in [-0.39, 0.29) is 35.9 Å². The molecule has 212 valence electrons. The number of rotatable bonds is 11. The number of methoxy groups -OCH3 is 1. The molecule has 0 saturated heterocycles. The average molecular weight is 567 g/mol. The van der Waals surface area contributed by atoms with Crippen LogP contribution in [-0.2, 0) is 32.4 Å². The fourth-order valence-corrected chi connectivity index (χ4v) is 6.38. The van der Waals surface area contributed by atoms with E-state index >= 15 is 0 Å². The van der Waals surface area contributed by atoms with Gasteiger partial charge < -0.3 is 24.6 Å². The number of fused-ring (bicyclic) bond motifs is 2. The number of hydrogen-bond acceptors (Lipinski definition) is 7. The third-order valence-electron chi connectivity index (χ3n) is 7.37. The van der Waals surface area contributed by atoms with Crippen molar-refractivity contribution in [3.8, 4) is 11.5 Å². The normalized spacial score (nSPS) is 19.4. The molecule has 3 aromatic rings. The highest BCUT2D eigenvalue weighted by Gasteiger charge is 2.35. The molecular weight excluding hydrogens is 532 g/mol. The van der Waals surface area contributed by atoms with Gasteiger partial charge in [-0.15, -0.1) is 0 Å². The lowest BCUT2D eigenvalue weighted by molar-refractivity contribution is -0.127. The van der Waals surface area contributed by atoms with E-state index in [1.807, 2.05) is 54.6 Å². The molecule has 5 rings (SSSR count). The molecule has 40 heavy (non-hydrogen) atoms. The molecule has 0 unspecified atom stereocenters. The molecule has 0 radical (unpaired) electrons. The molecular formula is C30H34N2O7S. The summed E-state index contributed by atoms with van der Waals surface area (Å²) in [6, 6.07) is 21.6. The highest BCUT2D eigenvalue weighted by Crippen LogP contribution is 2.34. The zero-order valence-electron chi connectivity index (χ0n) is 22.3. The Bertz CT molecular complexity index is 1430. The molecule has 0 aromatic heterocycles. The Labute approximate surface area is 234 Å². The molecule has 0 bridgehead atoms. The fraction of sp³-hybridized carbons (Fsp3) is 0.367. The van der Waals surface area contributed by atoms with Gasteiger partial charge in [0.2, 0.25) is 15.9 Å². The number of hydrogen-bond donors (Lipinski definition) is 3. The molecule has 1 aliphatic carbocycles. The van der Waals surface area contributed by atoms with Gasteiger partial charge in [-0.25, -0.2) is 13.1 Å². The van der Waals surface area contributed by atoms with Crippen molar-refractivity contribution in [1.29, 1.82) is 0 Å². The van der Waals surface area contributed by atoms with E-state index in [2.05, 4.69) is 10.0 Å². The number of carbonyl (C=O) groups is 1. The van der Waals surface area contributed by atoms with E-state index < -0.39 is 22.0 Å². The molecule has 10 heteroatoms. The Hall–Kier alpha value is -3.44. The largest absolute Gasteiger partial charge is 0.486 e. The SMILES string of the molecule is CO[C@H]1Cc2ccccc2[C@@H]1NC(=O)[C@H](Cc1ccccc1)C[C@H](O)CNS(=O)(=O)c1ccc2c(c1)OCCO2. The van der Waals surface area contributed by atoms with Crippen LogP contribution in [0.4, 0.5) is 0 Å². The smallest absolute Gasteiger partial charge is 0.240 e. The van der Waals surface area contributed by atoms with Gasteiger partial charge in [-0.3, -0.25) is 4.79 Å². The molecule has 1 aliphatic heterocycles. The summed E-state index contributed by atoms with van der Waals surface area (Å²) in [5.74, 6) is 0.0283. The van der Waals surface area contributed by atoms with Crippen LogP contribution in [0.2, 0.25) is 0 Å². The van der Waals surface area contributed by atoms with Gasteiger partial charge >= 0.3 is 0 Å². The lowest BCUT2D eigenvalue weighted by Crippen LogP contribution is -2.41. The minimum atomic E-state index is -3.93. The minimum Gasteiger partial charge on any atom is -0.486 e. The van der Waals surface area contributed by atoms with Gasteiger partial charge in [0.1, 0.15) is 13.2 Å². The number of amides is 1. The standard InChI is InChI=1S/C30H34N2O7S/c1-37-28-17-21-9-5-6-10-25(21)29(28)32-30(34)22(15-20-7-3-2-4-8-20)16-23(33)19-31-40(35,36)24-11-12-26-27(18-24)39-14-13-38-26/h2-12,18,22-23,28-29,31,33H,13-17,19H2,1H3,(H,32,34)/t22-,23+,28+,29+/m1/s1. The second kappa shape index (κ2) is 12.4. The second-order valence-corrected chi connectivity index (χ2v) is 11.9. The van der Waals surface area contributed by atoms with Crippen molar-refractivity contribution >= 4 is 15.9 Å². The van der Waals surface area contributed by atoms with Crippen molar-refractivity contribution in [2.75, 3.05) is 26.9 Å². The highest BCUT2D eigenvalue weighted by molar-refractivity contribution is 7.89. The summed E-state index contributed by atoms with van der Waals surface area (Å²) in [5, 5.41) is 14.0. The van der Waals surface area contributed by atoms with Gasteiger partial charge in [-0.05, 0) is 41.7 Å². The molecule has 3 N–H and O–H groups in total. The van der Waals surface area contributed by atoms with Gasteiger partial charge in [0.05, 0.1) is 23.1 Å². The van der Waals surface area contributed by atoms with E-state index in [4.69, 9.17) is 14.2 Å². The molecule has 3 aromatic carbocycles. The second-order valence-electron chi connectivity index (χ2n) is 10.1. The molecule has 9 nitrogen and oxygen atoms in total. The van der Waals surface area contributed by atoms with Crippen LogP contribution < -0.4 is 19.5 Å². The number of aliphatic hydroxyl groups is 1. The topological polar surface area (TPSA) is 123 Å². The Morgan fingerprint density at radius 1 is 1.02 bits per heavy atom. The van der Waals surface area contributed by atoms with Crippen molar-refractivity contribution in [3.05, 3.63) is 89.5 Å². The van der Waals surface area contributed by atoms with E-state index in [0.29, 0.717) is 37.6 Å². The Morgan fingerprint density at radius 2 is 1.75 bits per heavy atom. The summed E-state index contributed by atoms with van der Waals surface area (Å²) in [6.45, 7) is 0.494. The van der Waals surface area contributed by atoms with Crippen molar-refractivity contribution < 1.29 is 32.5 Å². The number of sulfonamides is 1. The number of aliphatic hydroxyl groups excluding tert-OH is 1. The quantitative estimate of drug-likeness (QED) is 0.326. The van der Waals surface area contributed by atoms with E-state index in [1.54, 1.807) is 13.2 Å². The maximum atomic E-state index is 13.6. The Balaban J connectivity index is 1.27. The lowest BCUT2D eigenvalue weighted by Gasteiger charge is -2.26. The van der Waals surface area contributed by atoms with E-state index in [9.17, 15) is 18.3 Å². The number of carbonyl (C=O) groups excluding carboxylic acids is 1. The molecule has 0 spiro atoms. The summed E-state index contributed by atoms with van der Waals surface area (Å²) >= 11 is 0. The van der Waals surface area contributed by atoms with Crippen molar-refractivity contribution in [3.63, 3.8) is 0 Å². The zero-order valence-corrected chi connectivity index (χ0v) is 23.1. The van der Waals surface area contributed by atoms with Gasteiger partial charge in [-0.2, -0.15) is 0 Å². The predicted octanol–water partition coefficient (Wildman–Crippen LogP) is 2.77. The number of nitrogens with one attached hydrogen (secondary N) is 2. The van der Waals surface area contributed by atoms with Crippen LogP contribution in [0, 0.1) is 5.92 Å². The van der Waals surface area contributed by atoms with Crippen LogP contribution in [-0.4, -0.2) is 58.5 Å². The van der Waals surface area contributed by atoms with Crippen LogP contribution in [0.5, 0.6) is 11.5 Å². The van der Waals surface area contributed by atoms with Crippen LogP contribution in [0.1, 0.15) is 29.2 Å². The first-order valence-electron chi connectivity index (χ1n) is 13.4. The Kier molecular flexibility index (Phi) is 8.70. The minimum absolute atomic E-state index is 0.00744. The molecule has 0 fully saturated rings. The van der Waals surface area contributed by atoms with Crippen LogP contribution >= 0.6 is 0 Å². The lowest BCUT2D eigenvalue weighted by atomic mass is 9.92. The molecule has 2 aliphatic rings. The zero-order chi connectivity index (χ0) is 28.1. The van der Waals surface area contributed by atoms with Crippen LogP contribution in [0.25, 0.3) is 0 Å². The third-order valence-corrected chi connectivity index (χ3v) is 8.79.